The van der Waals surface area contributed by atoms with Gasteiger partial charge in [-0.2, -0.15) is 0 Å². The van der Waals surface area contributed by atoms with Crippen LogP contribution in [0.3, 0.4) is 0 Å². The van der Waals surface area contributed by atoms with Crippen LogP contribution in [0.2, 0.25) is 10.0 Å². The van der Waals surface area contributed by atoms with Crippen molar-refractivity contribution < 1.29 is 36.4 Å². The molecule has 3 atom stereocenters. The summed E-state index contributed by atoms with van der Waals surface area (Å²) in [6.07, 6.45) is 10.6. The molecule has 3 aliphatic rings. The molecular weight excluding hydrogens is 758 g/mol. The van der Waals surface area contributed by atoms with Gasteiger partial charge in [0.25, 0.3) is 0 Å². The van der Waals surface area contributed by atoms with Crippen LogP contribution in [0.1, 0.15) is 94.3 Å². The number of halogens is 3. The van der Waals surface area contributed by atoms with E-state index in [1.165, 1.54) is 13.2 Å². The van der Waals surface area contributed by atoms with Crippen LogP contribution in [0.15, 0.2) is 40.9 Å². The minimum absolute atomic E-state index is 0.0205. The van der Waals surface area contributed by atoms with Crippen molar-refractivity contribution in [3.8, 4) is 11.3 Å². The van der Waals surface area contributed by atoms with Crippen LogP contribution < -0.4 is 15.5 Å². The number of rotatable bonds is 20. The molecule has 2 aromatic carbocycles. The van der Waals surface area contributed by atoms with Crippen molar-refractivity contribution in [3.05, 3.63) is 63.6 Å². The minimum atomic E-state index is -4.04. The van der Waals surface area contributed by atoms with Crippen molar-refractivity contribution in [2.24, 2.45) is 5.92 Å². The summed E-state index contributed by atoms with van der Waals surface area (Å²) in [7, 11) is -2.56. The van der Waals surface area contributed by atoms with Gasteiger partial charge in [0.05, 0.1) is 34.2 Å². The van der Waals surface area contributed by atoms with E-state index >= 15 is 4.39 Å². The fourth-order valence-corrected chi connectivity index (χ4v) is 9.26. The Bertz CT molecular complexity index is 1870. The Morgan fingerprint density at radius 2 is 1.70 bits per heavy atom. The number of unbranched alkanes of at least 4 members (excludes halogenated alkanes) is 7. The van der Waals surface area contributed by atoms with Crippen molar-refractivity contribution >= 4 is 55.6 Å². The molecular formula is C39H49Cl2FN4O7S. The minimum Gasteiger partial charge on any atom is -0.375 e. The van der Waals surface area contributed by atoms with E-state index in [2.05, 4.69) is 15.8 Å². The predicted molar refractivity (Wildman–Crippen MR) is 207 cm³/mol. The van der Waals surface area contributed by atoms with Gasteiger partial charge in [-0.1, -0.05) is 72.9 Å². The zero-order valence-corrected chi connectivity index (χ0v) is 32.9. The number of hydrogen-bond acceptors (Lipinski definition) is 9. The highest BCUT2D eigenvalue weighted by molar-refractivity contribution is 8.06. The van der Waals surface area contributed by atoms with E-state index in [1.807, 2.05) is 4.90 Å². The lowest BCUT2D eigenvalue weighted by Crippen LogP contribution is -2.39. The number of anilines is 2. The van der Waals surface area contributed by atoms with Gasteiger partial charge < -0.3 is 29.5 Å². The molecule has 1 aliphatic heterocycles. The molecule has 6 rings (SSSR count). The largest absolute Gasteiger partial charge is 0.375 e. The third-order valence-electron chi connectivity index (χ3n) is 10.6. The van der Waals surface area contributed by atoms with Gasteiger partial charge in [0.2, 0.25) is 15.7 Å². The molecule has 2 aliphatic carbocycles. The zero-order valence-electron chi connectivity index (χ0n) is 30.6. The maximum absolute atomic E-state index is 15.5. The number of benzene rings is 2. The summed E-state index contributed by atoms with van der Waals surface area (Å²) < 4.78 is 57.9. The topological polar surface area (TPSA) is 140 Å². The maximum atomic E-state index is 15.5. The molecule has 15 heteroatoms. The quantitative estimate of drug-likeness (QED) is 0.107. The van der Waals surface area contributed by atoms with Gasteiger partial charge in [-0.3, -0.25) is 9.59 Å². The first kappa shape index (κ1) is 40.4. The molecule has 0 spiro atoms. The van der Waals surface area contributed by atoms with Gasteiger partial charge >= 0.3 is 5.24 Å². The monoisotopic (exact) mass is 806 g/mol. The Morgan fingerprint density at radius 1 is 1.00 bits per heavy atom. The first-order chi connectivity index (χ1) is 26.1. The number of nitrogens with one attached hydrogen (secondary N) is 2. The van der Waals surface area contributed by atoms with Crippen LogP contribution in [0, 0.1) is 11.7 Å². The maximum Gasteiger partial charge on any atom is 0.340 e. The molecule has 2 saturated carbocycles. The number of carbonyl (C=O) groups excluding carboxylic acids is 2. The molecule has 1 saturated heterocycles. The molecule has 11 nitrogen and oxygen atoms in total. The van der Waals surface area contributed by atoms with Crippen LogP contribution in [-0.2, 0) is 30.7 Å². The number of nitrogens with zero attached hydrogens (tertiary/aromatic N) is 2. The fraction of sp³-hybridized carbons (Fsp3) is 0.564. The second kappa shape index (κ2) is 18.6. The lowest BCUT2D eigenvalue weighted by Gasteiger charge is -2.33. The van der Waals surface area contributed by atoms with E-state index in [1.54, 1.807) is 30.3 Å². The lowest BCUT2D eigenvalue weighted by molar-refractivity contribution is -0.124. The van der Waals surface area contributed by atoms with E-state index in [0.29, 0.717) is 65.4 Å². The van der Waals surface area contributed by atoms with Crippen molar-refractivity contribution in [1.29, 1.82) is 0 Å². The average molecular weight is 808 g/mol. The third-order valence-corrected chi connectivity index (χ3v) is 12.7. The van der Waals surface area contributed by atoms with Crippen LogP contribution in [-0.4, -0.2) is 69.4 Å². The number of methoxy groups -OCH3 is 1. The molecule has 3 aromatic rings. The van der Waals surface area contributed by atoms with Crippen LogP contribution in [0.5, 0.6) is 0 Å². The molecule has 294 valence electrons. The standard InChI is InChI=1S/C39H49Cl2FN4O7S/c1-51-24-35(47)43-17-8-6-4-2-3-5-7-9-18-54(49,50)39(48)44-27-15-16-33(32(42)20-27)46-22-26-19-28(46)21-34(26)52-23-29-37(45-53-38(29)25-13-14-25)36-30(40)11-10-12-31(36)41/h10-12,15-16,20,25-26,28,34H,2-9,13-14,17-19,21-24H2,1H3,(H,43,47)(H,44,48)/t26-,28-,34+/m0/s1. The normalized spacial score (nSPS) is 19.4. The van der Waals surface area contributed by atoms with E-state index in [-0.39, 0.29) is 42.0 Å². The Balaban J connectivity index is 0.925. The number of amides is 2. The molecule has 0 unspecified atom stereocenters. The SMILES string of the molecule is COCC(=O)NCCCCCCCCCCS(=O)(=O)C(=O)Nc1ccc(N2C[C@@H]3C[C@H]2C[C@H]3OCc2c(-c3c(Cl)cccc3Cl)noc2C2CC2)c(F)c1. The van der Waals surface area contributed by atoms with Crippen LogP contribution in [0.25, 0.3) is 11.3 Å². The number of aromatic nitrogens is 1. The first-order valence-corrected chi connectivity index (χ1v) is 21.4. The van der Waals surface area contributed by atoms with E-state index in [0.717, 1.165) is 75.5 Å². The summed E-state index contributed by atoms with van der Waals surface area (Å²) >= 11 is 13.0. The van der Waals surface area contributed by atoms with Crippen LogP contribution in [0.4, 0.5) is 20.6 Å². The fourth-order valence-electron chi connectivity index (χ4n) is 7.64. The molecule has 0 radical (unpaired) electrons. The number of ether oxygens (including phenoxy) is 2. The first-order valence-electron chi connectivity index (χ1n) is 19.0. The Labute approximate surface area is 326 Å². The summed E-state index contributed by atoms with van der Waals surface area (Å²) in [5.74, 6) is 0.445. The molecule has 3 fully saturated rings. The van der Waals surface area contributed by atoms with E-state index in [4.69, 9.17) is 37.2 Å². The summed E-state index contributed by atoms with van der Waals surface area (Å²) in [6, 6.07) is 9.76. The summed E-state index contributed by atoms with van der Waals surface area (Å²) in [6.45, 7) is 1.63. The van der Waals surface area contributed by atoms with Crippen molar-refractivity contribution in [2.45, 2.75) is 102 Å². The van der Waals surface area contributed by atoms with E-state index in [9.17, 15) is 18.0 Å². The highest BCUT2D eigenvalue weighted by Crippen LogP contribution is 2.47. The van der Waals surface area contributed by atoms with Gasteiger partial charge in [0.15, 0.2) is 0 Å². The van der Waals surface area contributed by atoms with Crippen molar-refractivity contribution in [3.63, 3.8) is 0 Å². The van der Waals surface area contributed by atoms with Gasteiger partial charge in [-0.25, -0.2) is 12.8 Å². The number of fused-ring (bicyclic) bond motifs is 2. The molecule has 2 heterocycles. The predicted octanol–water partition coefficient (Wildman–Crippen LogP) is 8.68. The number of hydrogen-bond donors (Lipinski definition) is 2. The van der Waals surface area contributed by atoms with Crippen molar-refractivity contribution in [1.82, 2.24) is 10.5 Å². The second-order valence-corrected chi connectivity index (χ2v) is 17.5. The van der Waals surface area contributed by atoms with Gasteiger partial charge in [0, 0.05) is 54.9 Å². The number of carbonyl (C=O) groups is 2. The third kappa shape index (κ3) is 10.1. The van der Waals surface area contributed by atoms with E-state index < -0.39 is 20.9 Å². The highest BCUT2D eigenvalue weighted by atomic mass is 35.5. The Kier molecular flexibility index (Phi) is 13.9. The highest BCUT2D eigenvalue weighted by Gasteiger charge is 2.46. The van der Waals surface area contributed by atoms with Crippen LogP contribution >= 0.6 is 23.2 Å². The number of piperidine rings is 1. The average Bonchev–Trinajstić information content (AvgIpc) is 3.59. The summed E-state index contributed by atoms with van der Waals surface area (Å²) in [5.41, 5.74) is 2.64. The summed E-state index contributed by atoms with van der Waals surface area (Å²) in [4.78, 5) is 26.0. The molecule has 2 bridgehead atoms. The smallest absolute Gasteiger partial charge is 0.340 e. The van der Waals surface area contributed by atoms with Crippen molar-refractivity contribution in [2.75, 3.05) is 42.8 Å². The van der Waals surface area contributed by atoms with Gasteiger partial charge in [-0.05, 0) is 68.9 Å². The Morgan fingerprint density at radius 3 is 2.35 bits per heavy atom. The molecule has 2 N–H and O–H groups in total. The number of sulfone groups is 1. The Hall–Kier alpha value is -3.23. The second-order valence-electron chi connectivity index (χ2n) is 14.6. The lowest BCUT2D eigenvalue weighted by atomic mass is 10.0. The zero-order chi connectivity index (χ0) is 38.2. The molecule has 2 amide bonds. The van der Waals surface area contributed by atoms with Gasteiger partial charge in [-0.15, -0.1) is 0 Å². The summed E-state index contributed by atoms with van der Waals surface area (Å²) in [5, 5.41) is 9.41. The molecule has 1 aromatic heterocycles. The molecule has 54 heavy (non-hydrogen) atoms. The van der Waals surface area contributed by atoms with Gasteiger partial charge in [0.1, 0.15) is 23.9 Å².